The summed E-state index contributed by atoms with van der Waals surface area (Å²) in [6.07, 6.45) is 66.0. The number of carbonyl (C=O) groups is 2. The van der Waals surface area contributed by atoms with Gasteiger partial charge in [-0.15, -0.1) is 0 Å². The molecule has 0 bridgehead atoms. The molecular weight excluding hydrogens is 815 g/mol. The average molecular weight is 927 g/mol. The van der Waals surface area contributed by atoms with Gasteiger partial charge in [-0.05, 0) is 77.0 Å². The zero-order valence-electron chi connectivity index (χ0n) is 44.1. The number of amides is 1. The van der Waals surface area contributed by atoms with Crippen molar-refractivity contribution in [2.45, 2.75) is 315 Å². The Morgan fingerprint density at radius 1 is 0.439 bits per heavy atom. The van der Waals surface area contributed by atoms with Gasteiger partial charge in [0.15, 0.2) is 0 Å². The minimum atomic E-state index is -0.799. The molecule has 0 aromatic carbocycles. The van der Waals surface area contributed by atoms with Crippen molar-refractivity contribution in [1.82, 2.24) is 5.32 Å². The van der Waals surface area contributed by atoms with E-state index in [1.807, 2.05) is 0 Å². The minimum absolute atomic E-state index is 0.0529. The highest BCUT2D eigenvalue weighted by molar-refractivity contribution is 5.77. The Labute approximate surface area is 410 Å². The van der Waals surface area contributed by atoms with Gasteiger partial charge >= 0.3 is 5.97 Å². The van der Waals surface area contributed by atoms with Gasteiger partial charge in [0, 0.05) is 6.42 Å². The molecule has 0 aliphatic carbocycles. The van der Waals surface area contributed by atoms with Crippen molar-refractivity contribution in [2.75, 3.05) is 6.61 Å². The monoisotopic (exact) mass is 926 g/mol. The molecule has 6 heteroatoms. The molecule has 3 atom stereocenters. The van der Waals surface area contributed by atoms with Gasteiger partial charge in [0.2, 0.25) is 5.91 Å². The lowest BCUT2D eigenvalue weighted by atomic mass is 10.0. The number of ether oxygens (including phenoxy) is 1. The summed E-state index contributed by atoms with van der Waals surface area (Å²) in [6.45, 7) is 6.48. The number of rotatable bonds is 52. The lowest BCUT2D eigenvalue weighted by molar-refractivity contribution is -0.151. The first kappa shape index (κ1) is 63.8. The topological polar surface area (TPSA) is 95.9 Å². The van der Waals surface area contributed by atoms with Crippen LogP contribution in [0.25, 0.3) is 0 Å². The van der Waals surface area contributed by atoms with Crippen molar-refractivity contribution in [3.05, 3.63) is 48.6 Å². The highest BCUT2D eigenvalue weighted by Crippen LogP contribution is 2.18. The molecule has 0 rings (SSSR count). The fourth-order valence-electron chi connectivity index (χ4n) is 8.78. The number of allylic oxidation sites excluding steroid dienone is 8. The van der Waals surface area contributed by atoms with Crippen LogP contribution < -0.4 is 5.32 Å². The highest BCUT2D eigenvalue weighted by Gasteiger charge is 2.24. The molecule has 1 amide bonds. The predicted molar refractivity (Wildman–Crippen MR) is 287 cm³/mol. The molecule has 0 spiro atoms. The van der Waals surface area contributed by atoms with E-state index in [0.29, 0.717) is 19.3 Å². The van der Waals surface area contributed by atoms with Crippen LogP contribution in [0.5, 0.6) is 0 Å². The Bertz CT molecular complexity index is 1130. The van der Waals surface area contributed by atoms with E-state index >= 15 is 0 Å². The second-order valence-electron chi connectivity index (χ2n) is 19.7. The normalized spacial score (nSPS) is 13.5. The van der Waals surface area contributed by atoms with Crippen LogP contribution in [0.4, 0.5) is 0 Å². The van der Waals surface area contributed by atoms with Crippen LogP contribution in [-0.4, -0.2) is 46.9 Å². The lowest BCUT2D eigenvalue weighted by Crippen LogP contribution is -2.46. The molecule has 0 aromatic rings. The van der Waals surface area contributed by atoms with Crippen molar-refractivity contribution in [1.29, 1.82) is 0 Å². The van der Waals surface area contributed by atoms with Crippen LogP contribution in [0.15, 0.2) is 48.6 Å². The maximum Gasteiger partial charge on any atom is 0.306 e. The zero-order chi connectivity index (χ0) is 48.1. The summed E-state index contributed by atoms with van der Waals surface area (Å²) < 4.78 is 5.94. The molecule has 0 fully saturated rings. The predicted octanol–water partition coefficient (Wildman–Crippen LogP) is 17.8. The number of aliphatic hydroxyl groups is 2. The average Bonchev–Trinajstić information content (AvgIpc) is 3.31. The van der Waals surface area contributed by atoms with E-state index in [9.17, 15) is 19.8 Å². The molecule has 0 aromatic heterocycles. The minimum Gasteiger partial charge on any atom is -0.462 e. The van der Waals surface area contributed by atoms with Crippen LogP contribution in [-0.2, 0) is 14.3 Å². The molecule has 6 nitrogen and oxygen atoms in total. The van der Waals surface area contributed by atoms with E-state index in [0.717, 1.165) is 77.0 Å². The van der Waals surface area contributed by atoms with Crippen molar-refractivity contribution in [2.24, 2.45) is 0 Å². The zero-order valence-corrected chi connectivity index (χ0v) is 44.1. The van der Waals surface area contributed by atoms with E-state index in [1.165, 1.54) is 173 Å². The lowest BCUT2D eigenvalue weighted by Gasteiger charge is -2.24. The number of nitrogens with one attached hydrogen (secondary N) is 1. The van der Waals surface area contributed by atoms with E-state index < -0.39 is 18.2 Å². The van der Waals surface area contributed by atoms with Crippen LogP contribution in [0.2, 0.25) is 0 Å². The summed E-state index contributed by atoms with van der Waals surface area (Å²) in [4.78, 5) is 26.3. The van der Waals surface area contributed by atoms with Gasteiger partial charge in [0.25, 0.3) is 0 Å². The van der Waals surface area contributed by atoms with E-state index in [2.05, 4.69) is 74.7 Å². The first-order valence-electron chi connectivity index (χ1n) is 28.9. The second kappa shape index (κ2) is 53.8. The summed E-state index contributed by atoms with van der Waals surface area (Å²) >= 11 is 0. The smallest absolute Gasteiger partial charge is 0.306 e. The van der Waals surface area contributed by atoms with Gasteiger partial charge in [-0.3, -0.25) is 9.59 Å². The van der Waals surface area contributed by atoms with Crippen LogP contribution >= 0.6 is 0 Å². The molecule has 66 heavy (non-hydrogen) atoms. The maximum atomic E-state index is 13.3. The largest absolute Gasteiger partial charge is 0.462 e. The maximum absolute atomic E-state index is 13.3. The van der Waals surface area contributed by atoms with Gasteiger partial charge in [-0.1, -0.05) is 256 Å². The highest BCUT2D eigenvalue weighted by atomic mass is 16.5. The van der Waals surface area contributed by atoms with Crippen molar-refractivity contribution in [3.63, 3.8) is 0 Å². The van der Waals surface area contributed by atoms with Gasteiger partial charge < -0.3 is 20.3 Å². The molecule has 0 heterocycles. The fraction of sp³-hybridized carbons (Fsp3) is 0.833. The third kappa shape index (κ3) is 48.3. The van der Waals surface area contributed by atoms with Crippen molar-refractivity contribution >= 4 is 11.9 Å². The van der Waals surface area contributed by atoms with Crippen LogP contribution in [0.1, 0.15) is 297 Å². The molecule has 0 saturated heterocycles. The van der Waals surface area contributed by atoms with Crippen LogP contribution in [0, 0.1) is 0 Å². The van der Waals surface area contributed by atoms with Crippen LogP contribution in [0.3, 0.4) is 0 Å². The Balaban J connectivity index is 4.62. The summed E-state index contributed by atoms with van der Waals surface area (Å²) in [5.74, 6) is -0.507. The molecular formula is C60H111NO5. The third-order valence-electron chi connectivity index (χ3n) is 13.2. The number of esters is 1. The van der Waals surface area contributed by atoms with E-state index in [1.54, 1.807) is 0 Å². The van der Waals surface area contributed by atoms with E-state index in [-0.39, 0.29) is 24.9 Å². The third-order valence-corrected chi connectivity index (χ3v) is 13.2. The second-order valence-corrected chi connectivity index (χ2v) is 19.7. The molecule has 3 unspecified atom stereocenters. The molecule has 3 N–H and O–H groups in total. The van der Waals surface area contributed by atoms with Crippen molar-refractivity contribution in [3.8, 4) is 0 Å². The first-order chi connectivity index (χ1) is 32.5. The van der Waals surface area contributed by atoms with Gasteiger partial charge in [0.05, 0.1) is 25.2 Å². The summed E-state index contributed by atoms with van der Waals surface area (Å²) in [5.41, 5.74) is 0. The number of aliphatic hydroxyl groups excluding tert-OH is 2. The summed E-state index contributed by atoms with van der Waals surface area (Å²) in [7, 11) is 0. The Morgan fingerprint density at radius 2 is 0.788 bits per heavy atom. The van der Waals surface area contributed by atoms with Gasteiger partial charge in [-0.2, -0.15) is 0 Å². The standard InChI is InChI=1S/C60H111NO5/c1-4-7-10-13-16-19-22-25-27-29-30-32-35-38-41-44-47-50-53-60(65)66-56(51-48-45-42-39-36-34-31-28-26-23-20-17-14-11-8-5-2)54-59(64)61-57(55-62)58(63)52-49-46-43-40-37-33-24-21-18-15-12-9-6-3/h23,26,28,30-32,34,36,56-58,62-63H,4-22,24-25,27,29,33,35,37-55H2,1-3H3,(H,61,64)/b26-23+,31-28+,32-30+,36-34+. The summed E-state index contributed by atoms with van der Waals surface area (Å²) in [5, 5.41) is 23.8. The number of carbonyl (C=O) groups excluding carboxylic acids is 2. The Kier molecular flexibility index (Phi) is 52.0. The number of unbranched alkanes of at least 4 members (excludes halogenated alkanes) is 34. The van der Waals surface area contributed by atoms with Gasteiger partial charge in [-0.25, -0.2) is 0 Å². The number of hydrogen-bond acceptors (Lipinski definition) is 5. The molecule has 0 aliphatic heterocycles. The molecule has 0 radical (unpaired) electrons. The Morgan fingerprint density at radius 3 is 1.21 bits per heavy atom. The summed E-state index contributed by atoms with van der Waals surface area (Å²) in [6, 6.07) is -0.715. The Hall–Kier alpha value is -2.18. The number of hydrogen-bond donors (Lipinski definition) is 3. The first-order valence-corrected chi connectivity index (χ1v) is 28.9. The molecule has 0 saturated carbocycles. The van der Waals surface area contributed by atoms with Crippen molar-refractivity contribution < 1.29 is 24.5 Å². The fourth-order valence-corrected chi connectivity index (χ4v) is 8.78. The quantitative estimate of drug-likeness (QED) is 0.0244. The SMILES string of the molecule is CCCCCCC/C=C/C=C/C=C/CCCCCC(CC(=O)NC(CO)C(O)CCCCCCCCCCCCCCC)OC(=O)CCCCCCC/C=C/CCCCCCCCCCC. The van der Waals surface area contributed by atoms with Gasteiger partial charge in [0.1, 0.15) is 6.10 Å². The van der Waals surface area contributed by atoms with E-state index in [4.69, 9.17) is 4.74 Å². The molecule has 0 aliphatic rings. The molecule has 386 valence electrons.